The van der Waals surface area contributed by atoms with Crippen LogP contribution in [-0.4, -0.2) is 72.7 Å². The number of hydrogen-bond acceptors (Lipinski definition) is 2. The van der Waals surface area contributed by atoms with Gasteiger partial charge in [-0.25, -0.2) is 19.6 Å². The van der Waals surface area contributed by atoms with E-state index >= 15 is 0 Å². The number of carbonyl (C=O) groups is 2. The Hall–Kier alpha value is -1.46. The zero-order chi connectivity index (χ0) is 13.7. The fraction of sp³-hybridized carbons (Fsp3) is 0.818. The van der Waals surface area contributed by atoms with Crippen molar-refractivity contribution in [3.05, 3.63) is 0 Å². The Morgan fingerprint density at radius 3 is 1.59 bits per heavy atom. The maximum atomic E-state index is 12.1. The van der Waals surface area contributed by atoms with Crippen LogP contribution >= 0.6 is 0 Å². The summed E-state index contributed by atoms with van der Waals surface area (Å²) in [6, 6.07) is -0.470. The molecule has 0 bridgehead atoms. The van der Waals surface area contributed by atoms with Crippen molar-refractivity contribution >= 4 is 12.1 Å². The lowest BCUT2D eigenvalue weighted by molar-refractivity contribution is 0.00723. The second-order valence-electron chi connectivity index (χ2n) is 4.51. The number of carbonyl (C=O) groups excluding carboxylic acids is 2. The molecule has 0 aliphatic carbocycles. The van der Waals surface area contributed by atoms with Gasteiger partial charge in [0.15, 0.2) is 0 Å². The van der Waals surface area contributed by atoms with Crippen molar-refractivity contribution in [2.24, 2.45) is 0 Å². The van der Waals surface area contributed by atoms with Crippen molar-refractivity contribution in [3.63, 3.8) is 0 Å². The van der Waals surface area contributed by atoms with Crippen molar-refractivity contribution in [3.8, 4) is 0 Å². The van der Waals surface area contributed by atoms with Crippen LogP contribution in [0.15, 0.2) is 0 Å². The fourth-order valence-corrected chi connectivity index (χ4v) is 1.42. The molecule has 4 amide bonds. The number of hydrogen-bond donors (Lipinski definition) is 0. The Morgan fingerprint density at radius 1 is 0.941 bits per heavy atom. The summed E-state index contributed by atoms with van der Waals surface area (Å²) < 4.78 is 0. The van der Waals surface area contributed by atoms with Crippen molar-refractivity contribution in [1.82, 2.24) is 19.8 Å². The number of amides is 4. The Kier molecular flexibility index (Phi) is 5.78. The van der Waals surface area contributed by atoms with Gasteiger partial charge in [0.2, 0.25) is 0 Å². The van der Waals surface area contributed by atoms with Crippen LogP contribution in [0.3, 0.4) is 0 Å². The average Bonchev–Trinajstić information content (AvgIpc) is 2.22. The molecule has 0 aromatic carbocycles. The van der Waals surface area contributed by atoms with Gasteiger partial charge in [0.1, 0.15) is 0 Å². The molecule has 0 aliphatic rings. The molecule has 0 atom stereocenters. The third-order valence-corrected chi connectivity index (χ3v) is 2.23. The molecule has 6 heteroatoms. The molecule has 0 saturated heterocycles. The monoisotopic (exact) mass is 244 g/mol. The summed E-state index contributed by atoms with van der Waals surface area (Å²) in [7, 11) is 6.69. The molecular formula is C11H24N4O2. The highest BCUT2D eigenvalue weighted by Gasteiger charge is 2.29. The van der Waals surface area contributed by atoms with Crippen LogP contribution in [0, 0.1) is 0 Å². The van der Waals surface area contributed by atoms with Crippen molar-refractivity contribution < 1.29 is 9.59 Å². The summed E-state index contributed by atoms with van der Waals surface area (Å²) in [5, 5.41) is 2.93. The van der Waals surface area contributed by atoms with Gasteiger partial charge in [-0.2, -0.15) is 0 Å². The first-order chi connectivity index (χ1) is 7.73. The molecule has 0 saturated carbocycles. The number of hydrazine groups is 1. The van der Waals surface area contributed by atoms with E-state index in [2.05, 4.69) is 0 Å². The highest BCUT2D eigenvalue weighted by Crippen LogP contribution is 2.09. The lowest BCUT2D eigenvalue weighted by atomic mass is 10.4. The molecule has 0 aromatic heterocycles. The van der Waals surface area contributed by atoms with Gasteiger partial charge in [0.05, 0.1) is 0 Å². The normalized spacial score (nSPS) is 10.1. The maximum Gasteiger partial charge on any atom is 0.338 e. The largest absolute Gasteiger partial charge is 0.338 e. The van der Waals surface area contributed by atoms with Gasteiger partial charge in [-0.1, -0.05) is 0 Å². The second-order valence-corrected chi connectivity index (χ2v) is 4.51. The molecule has 0 heterocycles. The van der Waals surface area contributed by atoms with Crippen molar-refractivity contribution in [1.29, 1.82) is 0 Å². The minimum atomic E-state index is -0.198. The molecule has 0 rings (SSSR count). The van der Waals surface area contributed by atoms with E-state index in [-0.39, 0.29) is 18.1 Å². The van der Waals surface area contributed by atoms with E-state index in [0.717, 1.165) is 0 Å². The molecule has 0 N–H and O–H groups in total. The molecular weight excluding hydrogens is 220 g/mol. The molecule has 6 nitrogen and oxygen atoms in total. The van der Waals surface area contributed by atoms with E-state index in [1.165, 1.54) is 19.8 Å². The summed E-state index contributed by atoms with van der Waals surface area (Å²) in [4.78, 5) is 27.0. The van der Waals surface area contributed by atoms with Crippen molar-refractivity contribution in [2.75, 3.05) is 34.7 Å². The first-order valence-electron chi connectivity index (χ1n) is 5.73. The van der Waals surface area contributed by atoms with E-state index in [1.807, 2.05) is 20.8 Å². The zero-order valence-electron chi connectivity index (χ0n) is 11.9. The second kappa shape index (κ2) is 6.32. The van der Waals surface area contributed by atoms with Gasteiger partial charge >= 0.3 is 12.1 Å². The first-order valence-corrected chi connectivity index (χ1v) is 5.73. The van der Waals surface area contributed by atoms with Gasteiger partial charge < -0.3 is 9.80 Å². The predicted molar refractivity (Wildman–Crippen MR) is 67.5 cm³/mol. The SMILES string of the molecule is CCN(C(=O)N(C)C)N(C(=O)N(C)C)C(C)C. The Balaban J connectivity index is 5.14. The smallest absolute Gasteiger partial charge is 0.329 e. The van der Waals surface area contributed by atoms with Crippen LogP contribution in [0.5, 0.6) is 0 Å². The van der Waals surface area contributed by atoms with E-state index in [0.29, 0.717) is 6.54 Å². The molecule has 0 radical (unpaired) electrons. The van der Waals surface area contributed by atoms with Crippen LogP contribution in [0.1, 0.15) is 20.8 Å². The third kappa shape index (κ3) is 3.80. The fourth-order valence-electron chi connectivity index (χ4n) is 1.42. The minimum Gasteiger partial charge on any atom is -0.329 e. The average molecular weight is 244 g/mol. The van der Waals surface area contributed by atoms with E-state index in [1.54, 1.807) is 28.2 Å². The van der Waals surface area contributed by atoms with Gasteiger partial charge in [0, 0.05) is 40.8 Å². The zero-order valence-corrected chi connectivity index (χ0v) is 11.9. The van der Waals surface area contributed by atoms with Gasteiger partial charge in [0.25, 0.3) is 0 Å². The van der Waals surface area contributed by atoms with Crippen LogP contribution in [0.2, 0.25) is 0 Å². The Bertz CT molecular complexity index is 277. The standard InChI is InChI=1S/C11H24N4O2/c1-8-14(10(16)12(4)5)15(9(2)3)11(17)13(6)7/h9H,8H2,1-7H3. The topological polar surface area (TPSA) is 47.1 Å². The van der Waals surface area contributed by atoms with Gasteiger partial charge in [-0.05, 0) is 20.8 Å². The predicted octanol–water partition coefficient (Wildman–Crippen LogP) is 1.30. The lowest BCUT2D eigenvalue weighted by Crippen LogP contribution is -2.57. The summed E-state index contributed by atoms with van der Waals surface area (Å²) in [5.41, 5.74) is 0. The van der Waals surface area contributed by atoms with Crippen LogP contribution < -0.4 is 0 Å². The summed E-state index contributed by atoms with van der Waals surface area (Å²) in [6.45, 7) is 6.06. The summed E-state index contributed by atoms with van der Waals surface area (Å²) >= 11 is 0. The van der Waals surface area contributed by atoms with E-state index < -0.39 is 0 Å². The highest BCUT2D eigenvalue weighted by atomic mass is 16.2. The quantitative estimate of drug-likeness (QED) is 0.687. The first kappa shape index (κ1) is 15.5. The molecule has 100 valence electrons. The Morgan fingerprint density at radius 2 is 1.35 bits per heavy atom. The number of rotatable bonds is 2. The van der Waals surface area contributed by atoms with Crippen molar-refractivity contribution in [2.45, 2.75) is 26.8 Å². The Labute approximate surface area is 104 Å². The molecule has 0 aromatic rings. The van der Waals surface area contributed by atoms with E-state index in [9.17, 15) is 9.59 Å². The van der Waals surface area contributed by atoms with E-state index in [4.69, 9.17) is 0 Å². The molecule has 17 heavy (non-hydrogen) atoms. The van der Waals surface area contributed by atoms with Crippen LogP contribution in [0.4, 0.5) is 9.59 Å². The summed E-state index contributed by atoms with van der Waals surface area (Å²) in [5.74, 6) is 0. The number of nitrogens with zero attached hydrogens (tertiary/aromatic N) is 4. The molecule has 0 fully saturated rings. The molecule has 0 aliphatic heterocycles. The highest BCUT2D eigenvalue weighted by molar-refractivity contribution is 5.80. The van der Waals surface area contributed by atoms with Crippen LogP contribution in [-0.2, 0) is 0 Å². The third-order valence-electron chi connectivity index (χ3n) is 2.23. The minimum absolute atomic E-state index is 0.0752. The summed E-state index contributed by atoms with van der Waals surface area (Å²) in [6.07, 6.45) is 0. The maximum absolute atomic E-state index is 12.1. The van der Waals surface area contributed by atoms with Crippen LogP contribution in [0.25, 0.3) is 0 Å². The molecule has 0 unspecified atom stereocenters. The molecule has 0 spiro atoms. The number of urea groups is 2. The lowest BCUT2D eigenvalue weighted by Gasteiger charge is -2.39. The van der Waals surface area contributed by atoms with Gasteiger partial charge in [-0.15, -0.1) is 0 Å². The van der Waals surface area contributed by atoms with Gasteiger partial charge in [-0.3, -0.25) is 0 Å².